The normalized spacial score (nSPS) is 12.9. The molecule has 78 valence electrons. The highest BCUT2D eigenvalue weighted by atomic mass is 32.2. The molecule has 1 heterocycles. The van der Waals surface area contributed by atoms with Crippen LogP contribution in [0.3, 0.4) is 0 Å². The number of benzene rings is 2. The van der Waals surface area contributed by atoms with Gasteiger partial charge in [0.05, 0.1) is 0 Å². The van der Waals surface area contributed by atoms with Crippen LogP contribution in [0.1, 0.15) is 18.1 Å². The minimum Gasteiger partial charge on any atom is -0.0888 e. The Hall–Kier alpha value is -1.47. The van der Waals surface area contributed by atoms with Crippen molar-refractivity contribution in [2.45, 2.75) is 16.7 Å². The maximum atomic E-state index is 2.21. The van der Waals surface area contributed by atoms with Crippen molar-refractivity contribution in [1.82, 2.24) is 0 Å². The summed E-state index contributed by atoms with van der Waals surface area (Å²) in [5.74, 6) is 0. The summed E-state index contributed by atoms with van der Waals surface area (Å²) in [6.45, 7) is 2.11. The van der Waals surface area contributed by atoms with Gasteiger partial charge in [-0.25, -0.2) is 0 Å². The van der Waals surface area contributed by atoms with Crippen LogP contribution in [0.15, 0.2) is 64.4 Å². The Bertz CT molecular complexity index is 520. The molecular weight excluding hydrogens is 212 g/mol. The molecule has 0 atom stereocenters. The molecule has 0 aromatic heterocycles. The van der Waals surface area contributed by atoms with Gasteiger partial charge in [0.25, 0.3) is 0 Å². The molecule has 2 aromatic rings. The minimum atomic E-state index is 1.35. The van der Waals surface area contributed by atoms with Crippen molar-refractivity contribution in [3.63, 3.8) is 0 Å². The van der Waals surface area contributed by atoms with E-state index in [9.17, 15) is 0 Å². The Morgan fingerprint density at radius 1 is 0.812 bits per heavy atom. The van der Waals surface area contributed by atoms with E-state index in [0.29, 0.717) is 0 Å². The molecule has 0 saturated heterocycles. The van der Waals surface area contributed by atoms with Gasteiger partial charge in [0.2, 0.25) is 0 Å². The Kier molecular flexibility index (Phi) is 2.33. The van der Waals surface area contributed by atoms with Gasteiger partial charge in [-0.15, -0.1) is 0 Å². The van der Waals surface area contributed by atoms with Crippen molar-refractivity contribution in [2.75, 3.05) is 0 Å². The van der Waals surface area contributed by atoms with Crippen molar-refractivity contribution in [1.29, 1.82) is 0 Å². The van der Waals surface area contributed by atoms with Crippen LogP contribution in [-0.2, 0) is 0 Å². The van der Waals surface area contributed by atoms with E-state index in [1.165, 1.54) is 26.5 Å². The second kappa shape index (κ2) is 3.84. The van der Waals surface area contributed by atoms with Crippen molar-refractivity contribution in [3.05, 3.63) is 65.7 Å². The van der Waals surface area contributed by atoms with Gasteiger partial charge in [0.1, 0.15) is 0 Å². The van der Waals surface area contributed by atoms with Crippen LogP contribution in [0.2, 0.25) is 0 Å². The first kappa shape index (κ1) is 9.73. The standard InChI is InChI=1S/C15H12S/c1-2-11-12-7-3-5-9-14(12)16-15-10-6-4-8-13(11)15/h2-10H,1H3. The van der Waals surface area contributed by atoms with Gasteiger partial charge in [0.15, 0.2) is 0 Å². The average Bonchev–Trinajstić information content (AvgIpc) is 2.36. The highest BCUT2D eigenvalue weighted by Crippen LogP contribution is 2.44. The Morgan fingerprint density at radius 2 is 1.31 bits per heavy atom. The van der Waals surface area contributed by atoms with E-state index in [4.69, 9.17) is 0 Å². The maximum Gasteiger partial charge on any atom is 0.0201 e. The summed E-state index contributed by atoms with van der Waals surface area (Å²) in [5, 5.41) is 0. The molecule has 0 bridgehead atoms. The second-order valence-corrected chi connectivity index (χ2v) is 4.88. The zero-order chi connectivity index (χ0) is 11.0. The van der Waals surface area contributed by atoms with Crippen LogP contribution in [0.25, 0.3) is 5.57 Å². The molecule has 0 aliphatic carbocycles. The van der Waals surface area contributed by atoms with Crippen molar-refractivity contribution in [2.24, 2.45) is 0 Å². The summed E-state index contributed by atoms with van der Waals surface area (Å²) >= 11 is 1.86. The Balaban J connectivity index is 2.28. The number of allylic oxidation sites excluding steroid dienone is 1. The molecule has 16 heavy (non-hydrogen) atoms. The number of hydrogen-bond donors (Lipinski definition) is 0. The zero-order valence-corrected chi connectivity index (χ0v) is 9.92. The quantitative estimate of drug-likeness (QED) is 0.537. The lowest BCUT2D eigenvalue weighted by atomic mass is 9.97. The first-order valence-electron chi connectivity index (χ1n) is 5.43. The topological polar surface area (TPSA) is 0 Å². The van der Waals surface area contributed by atoms with Crippen LogP contribution >= 0.6 is 11.8 Å². The fourth-order valence-corrected chi connectivity index (χ4v) is 3.24. The van der Waals surface area contributed by atoms with Gasteiger partial charge in [-0.2, -0.15) is 0 Å². The van der Waals surface area contributed by atoms with Crippen LogP contribution < -0.4 is 0 Å². The van der Waals surface area contributed by atoms with Gasteiger partial charge in [0, 0.05) is 9.79 Å². The molecule has 0 nitrogen and oxygen atoms in total. The van der Waals surface area contributed by atoms with E-state index in [-0.39, 0.29) is 0 Å². The molecule has 2 aromatic carbocycles. The molecular formula is C15H12S. The first-order chi connectivity index (χ1) is 7.90. The van der Waals surface area contributed by atoms with Crippen LogP contribution in [0.4, 0.5) is 0 Å². The summed E-state index contributed by atoms with van der Waals surface area (Å²) in [5.41, 5.74) is 4.06. The molecule has 3 rings (SSSR count). The first-order valence-corrected chi connectivity index (χ1v) is 6.25. The molecule has 1 aliphatic rings. The van der Waals surface area contributed by atoms with Crippen molar-refractivity contribution < 1.29 is 0 Å². The summed E-state index contributed by atoms with van der Waals surface area (Å²) < 4.78 is 0. The van der Waals surface area contributed by atoms with Crippen LogP contribution in [-0.4, -0.2) is 0 Å². The predicted molar refractivity (Wildman–Crippen MR) is 69.8 cm³/mol. The molecule has 0 fully saturated rings. The fourth-order valence-electron chi connectivity index (χ4n) is 2.13. The zero-order valence-electron chi connectivity index (χ0n) is 9.10. The van der Waals surface area contributed by atoms with E-state index in [1.54, 1.807) is 0 Å². The molecule has 1 heteroatoms. The number of hydrogen-bond acceptors (Lipinski definition) is 1. The maximum absolute atomic E-state index is 2.21. The average molecular weight is 224 g/mol. The molecule has 0 N–H and O–H groups in total. The lowest BCUT2D eigenvalue weighted by molar-refractivity contribution is 1.28. The molecule has 0 radical (unpaired) electrons. The summed E-state index contributed by atoms with van der Waals surface area (Å²) in [7, 11) is 0. The number of rotatable bonds is 0. The fraction of sp³-hybridized carbons (Fsp3) is 0.0667. The van der Waals surface area contributed by atoms with E-state index in [0.717, 1.165) is 0 Å². The van der Waals surface area contributed by atoms with Gasteiger partial charge in [-0.05, 0) is 35.8 Å². The summed E-state index contributed by atoms with van der Waals surface area (Å²) in [4.78, 5) is 2.71. The third-order valence-electron chi connectivity index (χ3n) is 2.86. The Morgan fingerprint density at radius 3 is 1.81 bits per heavy atom. The summed E-state index contributed by atoms with van der Waals surface area (Å²) in [6, 6.07) is 17.2. The van der Waals surface area contributed by atoms with E-state index < -0.39 is 0 Å². The van der Waals surface area contributed by atoms with Crippen molar-refractivity contribution >= 4 is 17.3 Å². The van der Waals surface area contributed by atoms with E-state index in [1.807, 2.05) is 11.8 Å². The SMILES string of the molecule is CC=C1c2ccccc2Sc2ccccc21. The Labute approximate surface area is 100 Å². The minimum absolute atomic E-state index is 1.35. The number of fused-ring (bicyclic) bond motifs is 2. The molecule has 1 aliphatic heterocycles. The third kappa shape index (κ3) is 1.40. The van der Waals surface area contributed by atoms with Crippen LogP contribution in [0.5, 0.6) is 0 Å². The molecule has 0 unspecified atom stereocenters. The summed E-state index contributed by atoms with van der Waals surface area (Å²) in [6.07, 6.45) is 2.21. The second-order valence-electron chi connectivity index (χ2n) is 3.80. The van der Waals surface area contributed by atoms with Gasteiger partial charge >= 0.3 is 0 Å². The van der Waals surface area contributed by atoms with E-state index in [2.05, 4.69) is 61.5 Å². The van der Waals surface area contributed by atoms with E-state index >= 15 is 0 Å². The van der Waals surface area contributed by atoms with Crippen LogP contribution in [0, 0.1) is 0 Å². The van der Waals surface area contributed by atoms with Gasteiger partial charge < -0.3 is 0 Å². The highest BCUT2D eigenvalue weighted by Gasteiger charge is 2.18. The molecule has 0 amide bonds. The van der Waals surface area contributed by atoms with Gasteiger partial charge in [-0.1, -0.05) is 54.2 Å². The monoisotopic (exact) mass is 224 g/mol. The smallest absolute Gasteiger partial charge is 0.0201 e. The lowest BCUT2D eigenvalue weighted by Gasteiger charge is -2.21. The van der Waals surface area contributed by atoms with Gasteiger partial charge in [-0.3, -0.25) is 0 Å². The lowest BCUT2D eigenvalue weighted by Crippen LogP contribution is -1.97. The highest BCUT2D eigenvalue weighted by molar-refractivity contribution is 7.99. The molecule has 0 spiro atoms. The largest absolute Gasteiger partial charge is 0.0888 e. The third-order valence-corrected chi connectivity index (χ3v) is 4.01. The molecule has 0 saturated carbocycles. The predicted octanol–water partition coefficient (Wildman–Crippen LogP) is 4.60. The van der Waals surface area contributed by atoms with Crippen molar-refractivity contribution in [3.8, 4) is 0 Å².